The zero-order valence-corrected chi connectivity index (χ0v) is 8.08. The van der Waals surface area contributed by atoms with Crippen LogP contribution in [-0.4, -0.2) is 38.2 Å². The van der Waals surface area contributed by atoms with Crippen molar-refractivity contribution >= 4 is 11.9 Å². The van der Waals surface area contributed by atoms with Crippen molar-refractivity contribution in [3.05, 3.63) is 0 Å². The van der Waals surface area contributed by atoms with Gasteiger partial charge in [0.15, 0.2) is 0 Å². The molecule has 0 aromatic carbocycles. The maximum Gasteiger partial charge on any atom is 0.433 e. The number of carbonyl (C=O) groups is 2. The molecule has 0 N–H and O–H groups in total. The molecule has 72 valence electrons. The lowest BCUT2D eigenvalue weighted by Crippen LogP contribution is -2.24. The number of methoxy groups -OCH3 is 1. The van der Waals surface area contributed by atoms with Gasteiger partial charge in [0.05, 0.1) is 14.2 Å². The van der Waals surface area contributed by atoms with Gasteiger partial charge in [0.2, 0.25) is 0 Å². The molecule has 0 rings (SSSR count). The van der Waals surface area contributed by atoms with Crippen molar-refractivity contribution in [3.63, 3.8) is 0 Å². The van der Waals surface area contributed by atoms with Gasteiger partial charge in [-0.25, -0.2) is 4.79 Å². The molecular formula is C7H15NO4. The number of ketones is 1. The lowest BCUT2D eigenvalue weighted by Gasteiger charge is -2.10. The maximum atomic E-state index is 10.3. The van der Waals surface area contributed by atoms with Gasteiger partial charge < -0.3 is 9.53 Å². The van der Waals surface area contributed by atoms with E-state index in [1.807, 2.05) is 0 Å². The minimum Gasteiger partial charge on any atom is -0.451 e. The largest absolute Gasteiger partial charge is 0.451 e. The smallest absolute Gasteiger partial charge is 0.433 e. The number of nitrogens with zero attached hydrogens (tertiary/aromatic N) is 1. The summed E-state index contributed by atoms with van der Waals surface area (Å²) in [6.45, 7) is 3.06. The van der Waals surface area contributed by atoms with E-state index in [-0.39, 0.29) is 5.78 Å². The highest BCUT2D eigenvalue weighted by atomic mass is 16.7. The van der Waals surface area contributed by atoms with Gasteiger partial charge >= 0.3 is 6.09 Å². The van der Waals surface area contributed by atoms with Gasteiger partial charge in [-0.05, 0) is 13.8 Å². The SMILES string of the molecule is CC(C)=O.COC(=O)N(C)OC. The highest BCUT2D eigenvalue weighted by Crippen LogP contribution is 1.84. The summed E-state index contributed by atoms with van der Waals surface area (Å²) in [4.78, 5) is 24.2. The Balaban J connectivity index is 0. The molecule has 1 amide bonds. The van der Waals surface area contributed by atoms with Gasteiger partial charge in [0.1, 0.15) is 5.78 Å². The van der Waals surface area contributed by atoms with Gasteiger partial charge in [-0.15, -0.1) is 0 Å². The van der Waals surface area contributed by atoms with Crippen LogP contribution in [0.2, 0.25) is 0 Å². The molecule has 0 saturated heterocycles. The number of hydrogen-bond acceptors (Lipinski definition) is 4. The average Bonchev–Trinajstić information content (AvgIpc) is 2.00. The Hall–Kier alpha value is -1.10. The number of amides is 1. The highest BCUT2D eigenvalue weighted by Gasteiger charge is 2.03. The van der Waals surface area contributed by atoms with Crippen LogP contribution in [0, 0.1) is 0 Å². The summed E-state index contributed by atoms with van der Waals surface area (Å²) in [6, 6.07) is 0. The van der Waals surface area contributed by atoms with E-state index in [0.717, 1.165) is 5.06 Å². The van der Waals surface area contributed by atoms with Crippen molar-refractivity contribution in [2.45, 2.75) is 13.8 Å². The van der Waals surface area contributed by atoms with E-state index in [9.17, 15) is 9.59 Å². The van der Waals surface area contributed by atoms with Crippen molar-refractivity contribution in [2.24, 2.45) is 0 Å². The molecule has 0 bridgehead atoms. The number of ether oxygens (including phenoxy) is 1. The fourth-order valence-corrected chi connectivity index (χ4v) is 0.203. The first kappa shape index (κ1) is 13.5. The quantitative estimate of drug-likeness (QED) is 0.557. The van der Waals surface area contributed by atoms with E-state index >= 15 is 0 Å². The fraction of sp³-hybridized carbons (Fsp3) is 0.714. The molecule has 0 aliphatic heterocycles. The Morgan fingerprint density at radius 2 is 1.50 bits per heavy atom. The molecule has 5 nitrogen and oxygen atoms in total. The number of hydrogen-bond donors (Lipinski definition) is 0. The molecular weight excluding hydrogens is 162 g/mol. The van der Waals surface area contributed by atoms with Crippen molar-refractivity contribution in [2.75, 3.05) is 21.3 Å². The van der Waals surface area contributed by atoms with Crippen LogP contribution in [0.15, 0.2) is 0 Å². The summed E-state index contributed by atoms with van der Waals surface area (Å²) in [5, 5.41) is 0.986. The molecule has 0 saturated carbocycles. The Kier molecular flexibility index (Phi) is 8.99. The van der Waals surface area contributed by atoms with E-state index in [2.05, 4.69) is 9.57 Å². The third kappa shape index (κ3) is 11.7. The summed E-state index contributed by atoms with van der Waals surface area (Å²) in [6.07, 6.45) is -0.507. The first-order chi connectivity index (χ1) is 5.45. The van der Waals surface area contributed by atoms with Crippen LogP contribution in [0.1, 0.15) is 13.8 Å². The number of rotatable bonds is 1. The van der Waals surface area contributed by atoms with E-state index < -0.39 is 6.09 Å². The van der Waals surface area contributed by atoms with Crippen LogP contribution < -0.4 is 0 Å². The van der Waals surface area contributed by atoms with E-state index in [0.29, 0.717) is 0 Å². The van der Waals surface area contributed by atoms with Crippen molar-refractivity contribution in [3.8, 4) is 0 Å². The summed E-state index contributed by atoms with van der Waals surface area (Å²) in [5.74, 6) is 0.167. The average molecular weight is 177 g/mol. The van der Waals surface area contributed by atoms with Crippen LogP contribution in [-0.2, 0) is 14.4 Å². The van der Waals surface area contributed by atoms with Gasteiger partial charge in [-0.2, -0.15) is 5.06 Å². The van der Waals surface area contributed by atoms with E-state index in [4.69, 9.17) is 0 Å². The van der Waals surface area contributed by atoms with Crippen LogP contribution in [0.25, 0.3) is 0 Å². The Morgan fingerprint density at radius 1 is 1.17 bits per heavy atom. The van der Waals surface area contributed by atoms with Crippen LogP contribution in [0.4, 0.5) is 4.79 Å². The molecule has 0 aromatic rings. The molecule has 0 aliphatic carbocycles. The molecule has 0 heterocycles. The minimum atomic E-state index is -0.507. The predicted molar refractivity (Wildman–Crippen MR) is 43.5 cm³/mol. The zero-order chi connectivity index (χ0) is 10.1. The number of Topliss-reactive ketones (excluding diaryl/α,β-unsaturated/α-hetero) is 1. The standard InChI is InChI=1S/C4H9NO3.C3H6O/c1-5(8-3)4(6)7-2;1-3(2)4/h1-3H3;1-2H3. The van der Waals surface area contributed by atoms with Crippen LogP contribution in [0.3, 0.4) is 0 Å². The van der Waals surface area contributed by atoms with Crippen LogP contribution >= 0.6 is 0 Å². The lowest BCUT2D eigenvalue weighted by atomic mass is 10.6. The first-order valence-electron chi connectivity index (χ1n) is 3.28. The summed E-state index contributed by atoms with van der Waals surface area (Å²) < 4.78 is 4.26. The Bertz CT molecular complexity index is 142. The van der Waals surface area contributed by atoms with Crippen molar-refractivity contribution < 1.29 is 19.2 Å². The second kappa shape index (κ2) is 8.00. The molecule has 0 radical (unpaired) electrons. The Morgan fingerprint density at radius 3 is 1.58 bits per heavy atom. The molecule has 0 aliphatic rings. The molecule has 0 spiro atoms. The van der Waals surface area contributed by atoms with E-state index in [1.54, 1.807) is 0 Å². The highest BCUT2D eigenvalue weighted by molar-refractivity contribution is 5.72. The monoisotopic (exact) mass is 177 g/mol. The molecule has 5 heteroatoms. The summed E-state index contributed by atoms with van der Waals surface area (Å²) >= 11 is 0. The zero-order valence-electron chi connectivity index (χ0n) is 8.08. The molecule has 0 atom stereocenters. The topological polar surface area (TPSA) is 55.8 Å². The molecule has 12 heavy (non-hydrogen) atoms. The molecule has 0 aromatic heterocycles. The number of hydroxylamine groups is 2. The summed E-state index contributed by atoms with van der Waals surface area (Å²) in [7, 11) is 4.14. The van der Waals surface area contributed by atoms with Gasteiger partial charge in [-0.3, -0.25) is 4.84 Å². The second-order valence-corrected chi connectivity index (χ2v) is 2.06. The predicted octanol–water partition coefficient (Wildman–Crippen LogP) is 0.841. The fourth-order valence-electron chi connectivity index (χ4n) is 0.203. The van der Waals surface area contributed by atoms with Crippen molar-refractivity contribution in [1.82, 2.24) is 5.06 Å². The Labute approximate surface area is 72.2 Å². The van der Waals surface area contributed by atoms with E-state index in [1.165, 1.54) is 35.1 Å². The van der Waals surface area contributed by atoms with Gasteiger partial charge in [0.25, 0.3) is 0 Å². The maximum absolute atomic E-state index is 10.3. The third-order valence-electron chi connectivity index (χ3n) is 0.706. The second-order valence-electron chi connectivity index (χ2n) is 2.06. The van der Waals surface area contributed by atoms with Crippen molar-refractivity contribution in [1.29, 1.82) is 0 Å². The first-order valence-corrected chi connectivity index (χ1v) is 3.28. The van der Waals surface area contributed by atoms with Crippen LogP contribution in [0.5, 0.6) is 0 Å². The molecule has 0 unspecified atom stereocenters. The normalized spacial score (nSPS) is 7.75. The summed E-state index contributed by atoms with van der Waals surface area (Å²) in [5.41, 5.74) is 0. The van der Waals surface area contributed by atoms with Gasteiger partial charge in [0, 0.05) is 7.05 Å². The third-order valence-corrected chi connectivity index (χ3v) is 0.706. The number of carbonyl (C=O) groups excluding carboxylic acids is 2. The minimum absolute atomic E-state index is 0.167. The lowest BCUT2D eigenvalue weighted by molar-refractivity contribution is -0.114. The van der Waals surface area contributed by atoms with Gasteiger partial charge in [-0.1, -0.05) is 0 Å². The molecule has 0 fully saturated rings.